The lowest BCUT2D eigenvalue weighted by molar-refractivity contribution is -0.192. The number of carboxylic acids is 1. The molecule has 0 aliphatic carbocycles. The number of nitrogens with two attached hydrogens (primary N) is 1. The molecule has 7 nitrogen and oxygen atoms in total. The van der Waals surface area contributed by atoms with E-state index in [0.717, 1.165) is 0 Å². The molecule has 0 aromatic rings. The number of hydrogen-bond donors (Lipinski definition) is 4. The van der Waals surface area contributed by atoms with Gasteiger partial charge in [0.2, 0.25) is 0 Å². The summed E-state index contributed by atoms with van der Waals surface area (Å²) < 4.78 is 31.7. The van der Waals surface area contributed by atoms with E-state index in [-0.39, 0.29) is 5.91 Å². The summed E-state index contributed by atoms with van der Waals surface area (Å²) in [5.74, 6) is -3.12. The first-order chi connectivity index (χ1) is 7.91. The zero-order valence-electron chi connectivity index (χ0n) is 9.46. The first-order valence-electron chi connectivity index (χ1n) is 4.60. The lowest BCUT2D eigenvalue weighted by atomic mass is 9.95. The number of aliphatic carboxylic acids is 1. The van der Waals surface area contributed by atoms with Gasteiger partial charge in [-0.15, -0.1) is 0 Å². The molecule has 0 radical (unpaired) electrons. The summed E-state index contributed by atoms with van der Waals surface area (Å²) >= 11 is 0. The number of carboxylic acid groups (broad SMARTS) is 1. The minimum Gasteiger partial charge on any atom is -0.475 e. The molecule has 0 aromatic carbocycles. The van der Waals surface area contributed by atoms with Crippen LogP contribution in [-0.4, -0.2) is 40.8 Å². The topological polar surface area (TPSA) is 122 Å². The van der Waals surface area contributed by atoms with E-state index in [0.29, 0.717) is 0 Å². The van der Waals surface area contributed by atoms with Crippen LogP contribution in [-0.2, 0) is 9.59 Å². The summed E-state index contributed by atoms with van der Waals surface area (Å²) in [4.78, 5) is 30.6. The van der Waals surface area contributed by atoms with Gasteiger partial charge in [-0.3, -0.25) is 10.1 Å². The van der Waals surface area contributed by atoms with Crippen LogP contribution in [0.25, 0.3) is 0 Å². The van der Waals surface area contributed by atoms with Gasteiger partial charge in [-0.25, -0.2) is 9.59 Å². The molecule has 2 atom stereocenters. The lowest BCUT2D eigenvalue weighted by Crippen LogP contribution is -2.56. The summed E-state index contributed by atoms with van der Waals surface area (Å²) in [6.07, 6.45) is -5.08. The summed E-state index contributed by atoms with van der Waals surface area (Å²) in [6, 6.07) is -0.872. The van der Waals surface area contributed by atoms with Crippen LogP contribution < -0.4 is 16.4 Å². The van der Waals surface area contributed by atoms with E-state index in [1.54, 1.807) is 13.8 Å². The van der Waals surface area contributed by atoms with E-state index in [4.69, 9.17) is 15.6 Å². The molecule has 0 unspecified atom stereocenters. The van der Waals surface area contributed by atoms with Crippen molar-refractivity contribution in [3.05, 3.63) is 0 Å². The second kappa shape index (κ2) is 5.21. The number of carbonyl (C=O) groups excluding carboxylic acids is 2. The molecule has 1 saturated heterocycles. The Labute approximate surface area is 99.5 Å². The number of nitrogens with one attached hydrogen (secondary N) is 2. The van der Waals surface area contributed by atoms with Crippen LogP contribution in [0.2, 0.25) is 0 Å². The van der Waals surface area contributed by atoms with Crippen LogP contribution in [0.15, 0.2) is 0 Å². The fourth-order valence-electron chi connectivity index (χ4n) is 0.877. The maximum Gasteiger partial charge on any atom is 0.490 e. The number of halogens is 3. The molecule has 0 bridgehead atoms. The highest BCUT2D eigenvalue weighted by Gasteiger charge is 2.44. The zero-order valence-corrected chi connectivity index (χ0v) is 9.46. The van der Waals surface area contributed by atoms with Gasteiger partial charge < -0.3 is 16.2 Å². The van der Waals surface area contributed by atoms with Crippen molar-refractivity contribution < 1.29 is 32.7 Å². The Morgan fingerprint density at radius 2 is 1.83 bits per heavy atom. The second-order valence-corrected chi connectivity index (χ2v) is 3.70. The van der Waals surface area contributed by atoms with Crippen molar-refractivity contribution in [3.8, 4) is 0 Å². The smallest absolute Gasteiger partial charge is 0.475 e. The Morgan fingerprint density at radius 3 is 1.94 bits per heavy atom. The SMILES string of the molecule is C[C@@H](N)[C@@]1(C)NC(=O)NC1=O.O=C(O)C(F)(F)F. The molecule has 1 fully saturated rings. The van der Waals surface area contributed by atoms with Crippen LogP contribution in [0.1, 0.15) is 13.8 Å². The summed E-state index contributed by atoms with van der Waals surface area (Å²) in [5, 5.41) is 11.7. The Morgan fingerprint density at radius 1 is 1.44 bits per heavy atom. The molecule has 1 aliphatic rings. The molecule has 0 saturated carbocycles. The fourth-order valence-corrected chi connectivity index (χ4v) is 0.877. The van der Waals surface area contributed by atoms with E-state index >= 15 is 0 Å². The first-order valence-corrected chi connectivity index (χ1v) is 4.60. The van der Waals surface area contributed by atoms with E-state index in [1.807, 2.05) is 0 Å². The fraction of sp³-hybridized carbons (Fsp3) is 0.625. The first kappa shape index (κ1) is 16.2. The molecule has 0 spiro atoms. The van der Waals surface area contributed by atoms with Crippen molar-refractivity contribution >= 4 is 17.9 Å². The third-order valence-electron chi connectivity index (χ3n) is 2.23. The van der Waals surface area contributed by atoms with Crippen LogP contribution in [0.5, 0.6) is 0 Å². The van der Waals surface area contributed by atoms with Crippen molar-refractivity contribution in [2.45, 2.75) is 31.6 Å². The lowest BCUT2D eigenvalue weighted by Gasteiger charge is -2.24. The third kappa shape index (κ3) is 3.87. The monoisotopic (exact) mass is 271 g/mol. The van der Waals surface area contributed by atoms with Gasteiger partial charge in [0.05, 0.1) is 0 Å². The standard InChI is InChI=1S/C6H11N3O2.C2HF3O2/c1-3(7)6(2)4(10)8-5(11)9-6;3-2(4,5)1(6)7/h3H,7H2,1-2H3,(H2,8,9,10,11);(H,6,7)/t3-,6-;/m1./s1. The van der Waals surface area contributed by atoms with E-state index in [9.17, 15) is 22.8 Å². The molecule has 10 heteroatoms. The average Bonchev–Trinajstić information content (AvgIpc) is 2.41. The molecule has 3 amide bonds. The highest BCUT2D eigenvalue weighted by Crippen LogP contribution is 2.13. The normalized spacial score (nSPS) is 24.6. The number of urea groups is 1. The number of imide groups is 1. The second-order valence-electron chi connectivity index (χ2n) is 3.70. The van der Waals surface area contributed by atoms with E-state index in [1.165, 1.54) is 0 Å². The van der Waals surface area contributed by atoms with Gasteiger partial charge in [0, 0.05) is 6.04 Å². The molecule has 104 valence electrons. The van der Waals surface area contributed by atoms with Crippen LogP contribution in [0.3, 0.4) is 0 Å². The van der Waals surface area contributed by atoms with Crippen molar-refractivity contribution in [2.24, 2.45) is 5.73 Å². The van der Waals surface area contributed by atoms with E-state index < -0.39 is 29.8 Å². The summed E-state index contributed by atoms with van der Waals surface area (Å²) in [6.45, 7) is 3.27. The van der Waals surface area contributed by atoms with Gasteiger partial charge in [0.1, 0.15) is 5.54 Å². The zero-order chi connectivity index (χ0) is 14.7. The quantitative estimate of drug-likeness (QED) is 0.482. The van der Waals surface area contributed by atoms with Crippen LogP contribution in [0.4, 0.5) is 18.0 Å². The van der Waals surface area contributed by atoms with Crippen molar-refractivity contribution in [1.29, 1.82) is 0 Å². The minimum absolute atomic E-state index is 0.363. The average molecular weight is 271 g/mol. The number of rotatable bonds is 1. The molecule has 5 N–H and O–H groups in total. The van der Waals surface area contributed by atoms with Gasteiger partial charge in [0.25, 0.3) is 5.91 Å². The highest BCUT2D eigenvalue weighted by molar-refractivity contribution is 6.07. The molecule has 1 aliphatic heterocycles. The van der Waals surface area contributed by atoms with Gasteiger partial charge in [0.15, 0.2) is 0 Å². The number of alkyl halides is 3. The predicted octanol–water partition coefficient (Wildman–Crippen LogP) is -0.435. The van der Waals surface area contributed by atoms with Gasteiger partial charge >= 0.3 is 18.2 Å². The summed E-state index contributed by atoms with van der Waals surface area (Å²) in [5.41, 5.74) is 4.56. The number of hydrogen-bond acceptors (Lipinski definition) is 4. The predicted molar refractivity (Wildman–Crippen MR) is 52.4 cm³/mol. The Kier molecular flexibility index (Phi) is 4.68. The van der Waals surface area contributed by atoms with Crippen molar-refractivity contribution in [1.82, 2.24) is 10.6 Å². The molecular weight excluding hydrogens is 259 g/mol. The maximum atomic E-state index is 11.1. The van der Waals surface area contributed by atoms with Gasteiger partial charge in [-0.2, -0.15) is 13.2 Å². The van der Waals surface area contributed by atoms with Crippen molar-refractivity contribution in [3.63, 3.8) is 0 Å². The highest BCUT2D eigenvalue weighted by atomic mass is 19.4. The minimum atomic E-state index is -5.08. The third-order valence-corrected chi connectivity index (χ3v) is 2.23. The van der Waals surface area contributed by atoms with Crippen LogP contribution >= 0.6 is 0 Å². The largest absolute Gasteiger partial charge is 0.490 e. The Balaban J connectivity index is 0.000000360. The van der Waals surface area contributed by atoms with E-state index in [2.05, 4.69) is 10.6 Å². The molecule has 0 aromatic heterocycles. The number of carbonyl (C=O) groups is 3. The summed E-state index contributed by atoms with van der Waals surface area (Å²) in [7, 11) is 0. The van der Waals surface area contributed by atoms with Crippen molar-refractivity contribution in [2.75, 3.05) is 0 Å². The van der Waals surface area contributed by atoms with Crippen LogP contribution in [0, 0.1) is 0 Å². The molecule has 1 rings (SSSR count). The molecular formula is C8H12F3N3O4. The Hall–Kier alpha value is -1.84. The van der Waals surface area contributed by atoms with Gasteiger partial charge in [-0.1, -0.05) is 0 Å². The molecule has 1 heterocycles. The molecule has 18 heavy (non-hydrogen) atoms. The van der Waals surface area contributed by atoms with Gasteiger partial charge in [-0.05, 0) is 13.8 Å². The number of amides is 3. The Bertz CT molecular complexity index is 369. The maximum absolute atomic E-state index is 11.1.